The van der Waals surface area contributed by atoms with Crippen LogP contribution in [0.25, 0.3) is 0 Å². The molecule has 0 saturated carbocycles. The normalized spacial score (nSPS) is 12.9. The minimum absolute atomic E-state index is 0.978. The van der Waals surface area contributed by atoms with Crippen LogP contribution >= 0.6 is 7.14 Å². The molecule has 0 fully saturated rings. The largest absolute Gasteiger partial charge is 0.320 e. The zero-order valence-corrected chi connectivity index (χ0v) is 6.61. The van der Waals surface area contributed by atoms with Gasteiger partial charge in [0.05, 0.1) is 0 Å². The van der Waals surface area contributed by atoms with E-state index in [1.807, 2.05) is 13.0 Å². The van der Waals surface area contributed by atoms with E-state index < -0.39 is 7.14 Å². The smallest absolute Gasteiger partial charge is 0.102 e. The maximum Gasteiger partial charge on any atom is 0.102 e. The van der Waals surface area contributed by atoms with Gasteiger partial charge in [0.15, 0.2) is 0 Å². The van der Waals surface area contributed by atoms with Crippen LogP contribution in [0.2, 0.25) is 0 Å². The minimum atomic E-state index is -1.86. The van der Waals surface area contributed by atoms with Crippen molar-refractivity contribution < 1.29 is 4.57 Å². The third-order valence-corrected chi connectivity index (χ3v) is 1.63. The first-order valence-corrected chi connectivity index (χ1v) is 5.45. The van der Waals surface area contributed by atoms with Crippen LogP contribution in [-0.2, 0) is 4.57 Å². The second-order valence-corrected chi connectivity index (χ2v) is 5.39. The Morgan fingerprint density at radius 2 is 2.00 bits per heavy atom. The van der Waals surface area contributed by atoms with Crippen molar-refractivity contribution in [3.05, 3.63) is 11.9 Å². The molecule has 0 radical (unpaired) electrons. The predicted molar refractivity (Wildman–Crippen MR) is 38.9 cm³/mol. The summed E-state index contributed by atoms with van der Waals surface area (Å²) in [5.41, 5.74) is 0. The van der Waals surface area contributed by atoms with E-state index in [-0.39, 0.29) is 0 Å². The van der Waals surface area contributed by atoms with Gasteiger partial charge in [-0.1, -0.05) is 13.0 Å². The molecular weight excluding hydrogens is 119 g/mol. The van der Waals surface area contributed by atoms with E-state index >= 15 is 0 Å². The van der Waals surface area contributed by atoms with Crippen LogP contribution in [0.1, 0.15) is 13.3 Å². The van der Waals surface area contributed by atoms with Gasteiger partial charge in [-0.3, -0.25) is 0 Å². The summed E-state index contributed by atoms with van der Waals surface area (Å²) in [4.78, 5) is 0. The fraction of sp³-hybridized carbons (Fsp3) is 0.667. The fourth-order valence-electron chi connectivity index (χ4n) is 0.359. The molecule has 0 N–H and O–H groups in total. The van der Waals surface area contributed by atoms with Gasteiger partial charge < -0.3 is 4.57 Å². The highest BCUT2D eigenvalue weighted by Gasteiger charge is 1.96. The molecule has 2 heteroatoms. The first-order chi connectivity index (χ1) is 3.56. The highest BCUT2D eigenvalue weighted by Crippen LogP contribution is 2.37. The standard InChI is InChI=1S/C6H13OP/c1-4-5-6-8(2,3)7/h5-6H,4H2,1-3H3. The number of rotatable bonds is 2. The molecule has 0 spiro atoms. The summed E-state index contributed by atoms with van der Waals surface area (Å²) >= 11 is 0. The van der Waals surface area contributed by atoms with Crippen molar-refractivity contribution in [1.29, 1.82) is 0 Å². The van der Waals surface area contributed by atoms with Gasteiger partial charge in [0.2, 0.25) is 0 Å². The van der Waals surface area contributed by atoms with Crippen LogP contribution in [0, 0.1) is 0 Å². The van der Waals surface area contributed by atoms with Crippen LogP contribution in [0.4, 0.5) is 0 Å². The van der Waals surface area contributed by atoms with E-state index in [0.717, 1.165) is 6.42 Å². The van der Waals surface area contributed by atoms with E-state index in [9.17, 15) is 4.57 Å². The Hall–Kier alpha value is -0.0300. The van der Waals surface area contributed by atoms with Crippen LogP contribution in [0.3, 0.4) is 0 Å². The van der Waals surface area contributed by atoms with Crippen molar-refractivity contribution in [2.45, 2.75) is 13.3 Å². The second kappa shape index (κ2) is 3.09. The van der Waals surface area contributed by atoms with Crippen molar-refractivity contribution in [2.24, 2.45) is 0 Å². The molecule has 0 aromatic heterocycles. The molecule has 48 valence electrons. The maximum atomic E-state index is 10.9. The monoisotopic (exact) mass is 132 g/mol. The van der Waals surface area contributed by atoms with Crippen molar-refractivity contribution in [1.82, 2.24) is 0 Å². The predicted octanol–water partition coefficient (Wildman–Crippen LogP) is 2.53. The van der Waals surface area contributed by atoms with E-state index in [2.05, 4.69) is 0 Å². The SMILES string of the molecule is CCC=CP(C)(C)=O. The van der Waals surface area contributed by atoms with Gasteiger partial charge in [-0.25, -0.2) is 0 Å². The lowest BCUT2D eigenvalue weighted by atomic mass is 10.5. The Bertz CT molecular complexity index is 120. The van der Waals surface area contributed by atoms with Gasteiger partial charge in [0.1, 0.15) is 7.14 Å². The van der Waals surface area contributed by atoms with E-state index in [0.29, 0.717) is 0 Å². The third-order valence-electron chi connectivity index (χ3n) is 0.700. The lowest BCUT2D eigenvalue weighted by Crippen LogP contribution is -1.64. The summed E-state index contributed by atoms with van der Waals surface area (Å²) in [7, 11) is -1.86. The summed E-state index contributed by atoms with van der Waals surface area (Å²) in [5, 5.41) is 0. The molecule has 0 bridgehead atoms. The lowest BCUT2D eigenvalue weighted by Gasteiger charge is -1.93. The molecular formula is C6H13OP. The quantitative estimate of drug-likeness (QED) is 0.527. The Kier molecular flexibility index (Phi) is 3.08. The second-order valence-electron chi connectivity index (χ2n) is 2.23. The van der Waals surface area contributed by atoms with Crippen LogP contribution < -0.4 is 0 Å². The van der Waals surface area contributed by atoms with Crippen LogP contribution in [0.5, 0.6) is 0 Å². The molecule has 0 heterocycles. The highest BCUT2D eigenvalue weighted by atomic mass is 31.2. The van der Waals surface area contributed by atoms with Gasteiger partial charge >= 0.3 is 0 Å². The van der Waals surface area contributed by atoms with Crippen molar-refractivity contribution in [2.75, 3.05) is 13.3 Å². The molecule has 0 atom stereocenters. The molecule has 0 aromatic rings. The van der Waals surface area contributed by atoms with Gasteiger partial charge in [0, 0.05) is 0 Å². The molecule has 0 aromatic carbocycles. The average Bonchev–Trinajstić information content (AvgIpc) is 1.59. The zero-order chi connectivity index (χ0) is 6.62. The molecule has 1 nitrogen and oxygen atoms in total. The zero-order valence-electron chi connectivity index (χ0n) is 5.72. The Morgan fingerprint density at radius 3 is 2.12 bits per heavy atom. The van der Waals surface area contributed by atoms with E-state index in [1.165, 1.54) is 0 Å². The summed E-state index contributed by atoms with van der Waals surface area (Å²) < 4.78 is 10.9. The van der Waals surface area contributed by atoms with E-state index in [4.69, 9.17) is 0 Å². The Morgan fingerprint density at radius 1 is 1.50 bits per heavy atom. The molecule has 0 aliphatic rings. The summed E-state index contributed by atoms with van der Waals surface area (Å²) in [6.07, 6.45) is 2.92. The summed E-state index contributed by atoms with van der Waals surface area (Å²) in [6.45, 7) is 5.56. The van der Waals surface area contributed by atoms with Crippen LogP contribution in [0.15, 0.2) is 11.9 Å². The first kappa shape index (κ1) is 7.97. The number of allylic oxidation sites excluding steroid dienone is 1. The Labute approximate surface area is 51.2 Å². The van der Waals surface area contributed by atoms with Gasteiger partial charge in [0.25, 0.3) is 0 Å². The highest BCUT2D eigenvalue weighted by molar-refractivity contribution is 7.65. The first-order valence-electron chi connectivity index (χ1n) is 2.78. The number of hydrogen-bond acceptors (Lipinski definition) is 1. The van der Waals surface area contributed by atoms with Crippen molar-refractivity contribution in [3.8, 4) is 0 Å². The topological polar surface area (TPSA) is 17.1 Å². The van der Waals surface area contributed by atoms with Crippen LogP contribution in [-0.4, -0.2) is 13.3 Å². The maximum absolute atomic E-state index is 10.9. The van der Waals surface area contributed by atoms with E-state index in [1.54, 1.807) is 19.1 Å². The molecule has 0 rings (SSSR count). The lowest BCUT2D eigenvalue weighted by molar-refractivity contribution is 0.588. The molecule has 8 heavy (non-hydrogen) atoms. The molecule has 0 unspecified atom stereocenters. The third kappa shape index (κ3) is 5.97. The van der Waals surface area contributed by atoms with Crippen molar-refractivity contribution >= 4 is 7.14 Å². The Balaban J connectivity index is 3.71. The molecule has 0 aliphatic heterocycles. The average molecular weight is 132 g/mol. The molecule has 0 saturated heterocycles. The van der Waals surface area contributed by atoms with Gasteiger partial charge in [-0.05, 0) is 25.6 Å². The summed E-state index contributed by atoms with van der Waals surface area (Å²) in [6, 6.07) is 0. The number of hydrogen-bond donors (Lipinski definition) is 0. The van der Waals surface area contributed by atoms with Gasteiger partial charge in [-0.2, -0.15) is 0 Å². The fourth-order valence-corrected chi connectivity index (χ4v) is 1.08. The van der Waals surface area contributed by atoms with Gasteiger partial charge in [-0.15, -0.1) is 0 Å². The summed E-state index contributed by atoms with van der Waals surface area (Å²) in [5.74, 6) is 1.80. The molecule has 0 aliphatic carbocycles. The van der Waals surface area contributed by atoms with Crippen molar-refractivity contribution in [3.63, 3.8) is 0 Å². The molecule has 0 amide bonds. The minimum Gasteiger partial charge on any atom is -0.320 e.